The first-order valence-electron chi connectivity index (χ1n) is 7.72. The van der Waals surface area contributed by atoms with E-state index in [-0.39, 0.29) is 6.61 Å². The van der Waals surface area contributed by atoms with E-state index < -0.39 is 0 Å². The van der Waals surface area contributed by atoms with Gasteiger partial charge in [-0.05, 0) is 30.0 Å². The van der Waals surface area contributed by atoms with Crippen molar-refractivity contribution in [2.24, 2.45) is 5.92 Å². The van der Waals surface area contributed by atoms with Gasteiger partial charge in [0.05, 0.1) is 0 Å². The van der Waals surface area contributed by atoms with Gasteiger partial charge in [0.25, 0.3) is 0 Å². The van der Waals surface area contributed by atoms with Gasteiger partial charge in [0.2, 0.25) is 0 Å². The minimum Gasteiger partial charge on any atom is -0.396 e. The van der Waals surface area contributed by atoms with Crippen LogP contribution in [0.25, 0.3) is 0 Å². The average molecular weight is 300 g/mol. The van der Waals surface area contributed by atoms with Crippen LogP contribution in [0.3, 0.4) is 0 Å². The Kier molecular flexibility index (Phi) is 6.84. The summed E-state index contributed by atoms with van der Waals surface area (Å²) >= 11 is 1.86. The van der Waals surface area contributed by atoms with Crippen molar-refractivity contribution in [2.75, 3.05) is 6.61 Å². The van der Waals surface area contributed by atoms with Gasteiger partial charge in [-0.3, -0.25) is 0 Å². The largest absolute Gasteiger partial charge is 0.396 e. The summed E-state index contributed by atoms with van der Waals surface area (Å²) in [5.41, 5.74) is 1.31. The van der Waals surface area contributed by atoms with Crippen LogP contribution in [-0.4, -0.2) is 11.7 Å². The van der Waals surface area contributed by atoms with Crippen molar-refractivity contribution in [3.63, 3.8) is 0 Å². The van der Waals surface area contributed by atoms with Crippen LogP contribution in [0.2, 0.25) is 0 Å². The third-order valence-electron chi connectivity index (χ3n) is 3.73. The lowest BCUT2D eigenvalue weighted by Gasteiger charge is -2.26. The molecule has 2 heteroatoms. The fraction of sp³-hybridized carbons (Fsp3) is 0.368. The van der Waals surface area contributed by atoms with Crippen molar-refractivity contribution in [1.29, 1.82) is 0 Å². The van der Waals surface area contributed by atoms with Crippen LogP contribution in [0.4, 0.5) is 0 Å². The predicted octanol–water partition coefficient (Wildman–Crippen LogP) is 5.32. The quantitative estimate of drug-likeness (QED) is 0.666. The molecule has 0 heterocycles. The first-order valence-corrected chi connectivity index (χ1v) is 8.60. The minimum atomic E-state index is 0.249. The first-order chi connectivity index (χ1) is 10.3. The van der Waals surface area contributed by atoms with Gasteiger partial charge in [-0.25, -0.2) is 0 Å². The lowest BCUT2D eigenvalue weighted by Crippen LogP contribution is -2.14. The normalized spacial score (nSPS) is 13.8. The highest BCUT2D eigenvalue weighted by Crippen LogP contribution is 2.42. The number of hydrogen-bond acceptors (Lipinski definition) is 2. The molecule has 112 valence electrons. The molecule has 2 aromatic rings. The van der Waals surface area contributed by atoms with E-state index in [2.05, 4.69) is 55.5 Å². The fourth-order valence-corrected chi connectivity index (χ4v) is 3.84. The van der Waals surface area contributed by atoms with Gasteiger partial charge in [-0.15, -0.1) is 11.8 Å². The van der Waals surface area contributed by atoms with Crippen molar-refractivity contribution >= 4 is 11.8 Å². The molecule has 0 radical (unpaired) electrons. The van der Waals surface area contributed by atoms with Gasteiger partial charge in [-0.2, -0.15) is 0 Å². The smallest absolute Gasteiger partial charge is 0.0473 e. The molecule has 2 rings (SSSR count). The summed E-state index contributed by atoms with van der Waals surface area (Å²) in [7, 11) is 0. The molecule has 0 fully saturated rings. The van der Waals surface area contributed by atoms with Gasteiger partial charge < -0.3 is 5.11 Å². The van der Waals surface area contributed by atoms with E-state index in [0.29, 0.717) is 11.2 Å². The Morgan fingerprint density at radius 3 is 2.14 bits per heavy atom. The molecule has 0 amide bonds. The van der Waals surface area contributed by atoms with Crippen molar-refractivity contribution in [2.45, 2.75) is 36.3 Å². The number of hydrogen-bond donors (Lipinski definition) is 1. The molecular weight excluding hydrogens is 276 g/mol. The molecular formula is C19H24OS. The standard InChI is InChI=1S/C19H24OS/c1-2-3-10-17(15-20)19(16-11-6-4-7-12-16)21-18-13-8-5-9-14-18/h4-9,11-14,17,19-20H,2-3,10,15H2,1H3/t17-,19-/m0/s1. The molecule has 1 nitrogen and oxygen atoms in total. The maximum atomic E-state index is 9.85. The van der Waals surface area contributed by atoms with Crippen LogP contribution < -0.4 is 0 Å². The van der Waals surface area contributed by atoms with E-state index in [1.165, 1.54) is 23.3 Å². The minimum absolute atomic E-state index is 0.249. The summed E-state index contributed by atoms with van der Waals surface area (Å²) in [6.07, 6.45) is 3.42. The van der Waals surface area contributed by atoms with Crippen molar-refractivity contribution in [1.82, 2.24) is 0 Å². The summed E-state index contributed by atoms with van der Waals surface area (Å²) in [6, 6.07) is 21.1. The van der Waals surface area contributed by atoms with E-state index in [1.54, 1.807) is 0 Å². The second kappa shape index (κ2) is 8.91. The second-order valence-electron chi connectivity index (χ2n) is 5.35. The Morgan fingerprint density at radius 1 is 0.952 bits per heavy atom. The zero-order chi connectivity index (χ0) is 14.9. The zero-order valence-corrected chi connectivity index (χ0v) is 13.4. The third-order valence-corrected chi connectivity index (χ3v) is 5.18. The Labute approximate surface area is 132 Å². The molecule has 2 aromatic carbocycles. The summed E-state index contributed by atoms with van der Waals surface area (Å²) in [5, 5.41) is 10.2. The molecule has 0 spiro atoms. The Morgan fingerprint density at radius 2 is 1.57 bits per heavy atom. The molecule has 2 atom stereocenters. The molecule has 0 aromatic heterocycles. The molecule has 0 aliphatic carbocycles. The molecule has 0 bridgehead atoms. The number of unbranched alkanes of at least 4 members (excludes halogenated alkanes) is 1. The van der Waals surface area contributed by atoms with Gasteiger partial charge in [0.15, 0.2) is 0 Å². The molecule has 1 N–H and O–H groups in total. The van der Waals surface area contributed by atoms with E-state index in [0.717, 1.165) is 6.42 Å². The Hall–Kier alpha value is -1.25. The van der Waals surface area contributed by atoms with Crippen molar-refractivity contribution < 1.29 is 5.11 Å². The van der Waals surface area contributed by atoms with E-state index >= 15 is 0 Å². The Balaban J connectivity index is 2.21. The lowest BCUT2D eigenvalue weighted by molar-refractivity contribution is 0.213. The van der Waals surface area contributed by atoms with Gasteiger partial charge >= 0.3 is 0 Å². The van der Waals surface area contributed by atoms with Crippen LogP contribution >= 0.6 is 11.8 Å². The van der Waals surface area contributed by atoms with E-state index in [1.807, 2.05) is 23.9 Å². The highest BCUT2D eigenvalue weighted by molar-refractivity contribution is 7.99. The van der Waals surface area contributed by atoms with E-state index in [9.17, 15) is 5.11 Å². The first kappa shape index (κ1) is 16.1. The van der Waals surface area contributed by atoms with Crippen LogP contribution in [0, 0.1) is 5.92 Å². The topological polar surface area (TPSA) is 20.2 Å². The van der Waals surface area contributed by atoms with E-state index in [4.69, 9.17) is 0 Å². The maximum Gasteiger partial charge on any atom is 0.0473 e. The molecule has 0 aliphatic rings. The summed E-state index contributed by atoms with van der Waals surface area (Å²) in [5.74, 6) is 0.303. The summed E-state index contributed by atoms with van der Waals surface area (Å²) in [4.78, 5) is 1.27. The Bertz CT molecular complexity index is 497. The van der Waals surface area contributed by atoms with Crippen LogP contribution in [0.5, 0.6) is 0 Å². The number of aliphatic hydroxyl groups is 1. The number of aliphatic hydroxyl groups excluding tert-OH is 1. The van der Waals surface area contributed by atoms with Crippen molar-refractivity contribution in [3.05, 3.63) is 66.2 Å². The number of benzene rings is 2. The van der Waals surface area contributed by atoms with Crippen LogP contribution in [0.15, 0.2) is 65.6 Å². The predicted molar refractivity (Wildman–Crippen MR) is 91.6 cm³/mol. The molecule has 0 unspecified atom stereocenters. The van der Waals surface area contributed by atoms with Gasteiger partial charge in [0.1, 0.15) is 0 Å². The lowest BCUT2D eigenvalue weighted by atomic mass is 9.94. The van der Waals surface area contributed by atoms with Gasteiger partial charge in [-0.1, -0.05) is 68.3 Å². The summed E-state index contributed by atoms with van der Waals surface area (Å²) in [6.45, 7) is 2.45. The molecule has 0 saturated carbocycles. The SMILES string of the molecule is CCCC[C@@H](CO)[C@@H](Sc1ccccc1)c1ccccc1. The maximum absolute atomic E-state index is 9.85. The third kappa shape index (κ3) is 4.90. The highest BCUT2D eigenvalue weighted by atomic mass is 32.2. The number of thioether (sulfide) groups is 1. The fourth-order valence-electron chi connectivity index (χ4n) is 2.53. The highest BCUT2D eigenvalue weighted by Gasteiger charge is 2.23. The monoisotopic (exact) mass is 300 g/mol. The van der Waals surface area contributed by atoms with Crippen molar-refractivity contribution in [3.8, 4) is 0 Å². The van der Waals surface area contributed by atoms with Crippen LogP contribution in [0.1, 0.15) is 37.0 Å². The average Bonchev–Trinajstić information content (AvgIpc) is 2.56. The molecule has 0 aliphatic heterocycles. The molecule has 0 saturated heterocycles. The van der Waals surface area contributed by atoms with Gasteiger partial charge in [0, 0.05) is 16.8 Å². The molecule has 21 heavy (non-hydrogen) atoms. The zero-order valence-electron chi connectivity index (χ0n) is 12.6. The number of rotatable bonds is 8. The van der Waals surface area contributed by atoms with Crippen LogP contribution in [-0.2, 0) is 0 Å². The summed E-state index contributed by atoms with van der Waals surface area (Å²) < 4.78 is 0. The second-order valence-corrected chi connectivity index (χ2v) is 6.56.